The lowest BCUT2D eigenvalue weighted by Gasteiger charge is -2.34. The van der Waals surface area contributed by atoms with Crippen LogP contribution in [-0.2, 0) is 19.1 Å². The molecule has 1 aliphatic rings. The molecule has 0 aliphatic carbocycles. The van der Waals surface area contributed by atoms with Crippen LogP contribution in [-0.4, -0.2) is 65.7 Å². The van der Waals surface area contributed by atoms with Crippen molar-refractivity contribution in [1.29, 1.82) is 0 Å². The lowest BCUT2D eigenvalue weighted by molar-refractivity contribution is -0.139. The topological polar surface area (TPSA) is 165 Å². The highest BCUT2D eigenvalue weighted by atomic mass is 16.5. The third-order valence-electron chi connectivity index (χ3n) is 2.99. The zero-order valence-corrected chi connectivity index (χ0v) is 11.3. The largest absolute Gasteiger partial charge is 0.480 e. The van der Waals surface area contributed by atoms with Crippen LogP contribution in [0.15, 0.2) is 0 Å². The van der Waals surface area contributed by atoms with Crippen LogP contribution in [0.2, 0.25) is 0 Å². The number of hydrogen-bond donors (Lipinski definition) is 4. The van der Waals surface area contributed by atoms with E-state index in [1.165, 1.54) is 0 Å². The van der Waals surface area contributed by atoms with Crippen molar-refractivity contribution < 1.29 is 29.0 Å². The Labute approximate surface area is 120 Å². The fraction of sp³-hybridized carbons (Fsp3) is 0.636. The van der Waals surface area contributed by atoms with Gasteiger partial charge in [0.25, 0.3) is 0 Å². The molecule has 4 amide bonds. The first-order valence-corrected chi connectivity index (χ1v) is 6.28. The number of aliphatic carboxylic acids is 1. The van der Waals surface area contributed by atoms with E-state index in [9.17, 15) is 19.2 Å². The number of ether oxygens (including phenoxy) is 1. The minimum atomic E-state index is -1.30. The minimum Gasteiger partial charge on any atom is -0.480 e. The smallest absolute Gasteiger partial charge is 0.326 e. The van der Waals surface area contributed by atoms with Crippen LogP contribution in [0.1, 0.15) is 12.8 Å². The summed E-state index contributed by atoms with van der Waals surface area (Å²) in [6.07, 6.45) is -0.318. The summed E-state index contributed by atoms with van der Waals surface area (Å²) in [7, 11) is 0. The van der Waals surface area contributed by atoms with Gasteiger partial charge in [0.2, 0.25) is 11.8 Å². The van der Waals surface area contributed by atoms with Crippen LogP contribution in [0.3, 0.4) is 0 Å². The molecule has 1 rings (SSSR count). The third-order valence-corrected chi connectivity index (χ3v) is 2.99. The Bertz CT molecular complexity index is 440. The van der Waals surface area contributed by atoms with E-state index in [0.717, 1.165) is 4.90 Å². The number of morpholine rings is 1. The number of nitrogens with one attached hydrogen (secondary N) is 1. The predicted octanol–water partition coefficient (Wildman–Crippen LogP) is -2.40. The van der Waals surface area contributed by atoms with Gasteiger partial charge in [0, 0.05) is 13.0 Å². The van der Waals surface area contributed by atoms with Gasteiger partial charge in [-0.25, -0.2) is 9.59 Å². The molecular weight excluding hydrogens is 284 g/mol. The van der Waals surface area contributed by atoms with Gasteiger partial charge in [0.15, 0.2) is 0 Å². The monoisotopic (exact) mass is 302 g/mol. The number of amides is 4. The van der Waals surface area contributed by atoms with Gasteiger partial charge in [-0.1, -0.05) is 0 Å². The number of nitrogens with zero attached hydrogens (tertiary/aromatic N) is 1. The number of nitrogens with two attached hydrogens (primary N) is 2. The molecule has 0 spiro atoms. The Morgan fingerprint density at radius 1 is 1.33 bits per heavy atom. The predicted molar refractivity (Wildman–Crippen MR) is 68.9 cm³/mol. The molecule has 0 aromatic rings. The fourth-order valence-corrected chi connectivity index (χ4v) is 1.86. The number of rotatable bonds is 6. The molecule has 2 unspecified atom stereocenters. The van der Waals surface area contributed by atoms with Crippen molar-refractivity contribution in [1.82, 2.24) is 10.2 Å². The van der Waals surface area contributed by atoms with Gasteiger partial charge in [-0.05, 0) is 6.42 Å². The van der Waals surface area contributed by atoms with Crippen molar-refractivity contribution in [3.05, 3.63) is 0 Å². The summed E-state index contributed by atoms with van der Waals surface area (Å²) in [5.74, 6) is -2.71. The Balaban J connectivity index is 2.68. The standard InChI is InChI=1S/C11H18N4O6/c12-8(16)2-1-6(10(18)19)14-11(20)15-3-4-21-5-7(15)9(13)17/h6-7H,1-5H2,(H2,12,16)(H2,13,17)(H,14,20)(H,18,19). The third kappa shape index (κ3) is 4.91. The van der Waals surface area contributed by atoms with Crippen LogP contribution < -0.4 is 16.8 Å². The molecule has 1 aliphatic heterocycles. The Morgan fingerprint density at radius 2 is 2.00 bits per heavy atom. The molecule has 6 N–H and O–H groups in total. The maximum absolute atomic E-state index is 12.0. The quantitative estimate of drug-likeness (QED) is 0.427. The van der Waals surface area contributed by atoms with E-state index in [2.05, 4.69) is 5.32 Å². The number of primary amides is 2. The molecule has 0 radical (unpaired) electrons. The van der Waals surface area contributed by atoms with Crippen molar-refractivity contribution in [3.8, 4) is 0 Å². The molecule has 0 aromatic carbocycles. The second-order valence-corrected chi connectivity index (χ2v) is 4.53. The first kappa shape index (κ1) is 16.7. The van der Waals surface area contributed by atoms with E-state index in [1.807, 2.05) is 0 Å². The first-order chi connectivity index (χ1) is 9.82. The van der Waals surface area contributed by atoms with Gasteiger partial charge < -0.3 is 31.5 Å². The van der Waals surface area contributed by atoms with Crippen LogP contribution in [0.5, 0.6) is 0 Å². The van der Waals surface area contributed by atoms with Gasteiger partial charge >= 0.3 is 12.0 Å². The number of carboxylic acids is 1. The van der Waals surface area contributed by atoms with E-state index in [4.69, 9.17) is 21.3 Å². The molecule has 10 heteroatoms. The zero-order valence-electron chi connectivity index (χ0n) is 11.3. The highest BCUT2D eigenvalue weighted by molar-refractivity contribution is 5.88. The Morgan fingerprint density at radius 3 is 2.52 bits per heavy atom. The van der Waals surface area contributed by atoms with E-state index in [-0.39, 0.29) is 32.6 Å². The number of hydrogen-bond acceptors (Lipinski definition) is 5. The highest BCUT2D eigenvalue weighted by Crippen LogP contribution is 2.08. The number of carbonyl (C=O) groups is 4. The Kier molecular flexibility index (Phi) is 5.91. The van der Waals surface area contributed by atoms with Gasteiger partial charge in [0.05, 0.1) is 13.2 Å². The van der Waals surface area contributed by atoms with Gasteiger partial charge in [-0.2, -0.15) is 0 Å². The second-order valence-electron chi connectivity index (χ2n) is 4.53. The molecule has 0 bridgehead atoms. The van der Waals surface area contributed by atoms with Crippen molar-refractivity contribution in [2.24, 2.45) is 11.5 Å². The lowest BCUT2D eigenvalue weighted by atomic mass is 10.1. The van der Waals surface area contributed by atoms with E-state index >= 15 is 0 Å². The van der Waals surface area contributed by atoms with E-state index in [0.29, 0.717) is 0 Å². The van der Waals surface area contributed by atoms with Gasteiger partial charge in [-0.15, -0.1) is 0 Å². The lowest BCUT2D eigenvalue weighted by Crippen LogP contribution is -2.59. The average molecular weight is 302 g/mol. The van der Waals surface area contributed by atoms with Crippen LogP contribution >= 0.6 is 0 Å². The van der Waals surface area contributed by atoms with Gasteiger partial charge in [-0.3, -0.25) is 9.59 Å². The molecule has 1 heterocycles. The number of carboxylic acid groups (broad SMARTS) is 1. The van der Waals surface area contributed by atoms with E-state index < -0.39 is 35.9 Å². The summed E-state index contributed by atoms with van der Waals surface area (Å²) in [6, 6.07) is -2.98. The van der Waals surface area contributed by atoms with Crippen molar-refractivity contribution in [2.45, 2.75) is 24.9 Å². The number of carbonyl (C=O) groups excluding carboxylic acids is 3. The average Bonchev–Trinajstić information content (AvgIpc) is 2.42. The molecule has 21 heavy (non-hydrogen) atoms. The van der Waals surface area contributed by atoms with E-state index in [1.54, 1.807) is 0 Å². The number of urea groups is 1. The molecule has 0 aromatic heterocycles. The zero-order chi connectivity index (χ0) is 16.0. The maximum atomic E-state index is 12.0. The highest BCUT2D eigenvalue weighted by Gasteiger charge is 2.33. The van der Waals surface area contributed by atoms with Crippen LogP contribution in [0.25, 0.3) is 0 Å². The SMILES string of the molecule is NC(=O)CCC(NC(=O)N1CCOCC1C(N)=O)C(=O)O. The second kappa shape index (κ2) is 7.43. The summed E-state index contributed by atoms with van der Waals surface area (Å²) >= 11 is 0. The summed E-state index contributed by atoms with van der Waals surface area (Å²) < 4.78 is 5.06. The van der Waals surface area contributed by atoms with Gasteiger partial charge in [0.1, 0.15) is 12.1 Å². The fourth-order valence-electron chi connectivity index (χ4n) is 1.86. The van der Waals surface area contributed by atoms with Crippen LogP contribution in [0.4, 0.5) is 4.79 Å². The summed E-state index contributed by atoms with van der Waals surface area (Å²) in [5, 5.41) is 11.2. The Hall–Kier alpha value is -2.36. The van der Waals surface area contributed by atoms with Crippen LogP contribution in [0, 0.1) is 0 Å². The first-order valence-electron chi connectivity index (χ1n) is 6.28. The molecule has 1 saturated heterocycles. The maximum Gasteiger partial charge on any atom is 0.326 e. The molecule has 10 nitrogen and oxygen atoms in total. The molecule has 1 fully saturated rings. The summed E-state index contributed by atoms with van der Waals surface area (Å²) in [6.45, 7) is 0.291. The minimum absolute atomic E-state index is 0.0399. The molecule has 0 saturated carbocycles. The summed E-state index contributed by atoms with van der Waals surface area (Å²) in [5.41, 5.74) is 10.1. The van der Waals surface area contributed by atoms with Crippen molar-refractivity contribution in [2.75, 3.05) is 19.8 Å². The van der Waals surface area contributed by atoms with Crippen molar-refractivity contribution in [3.63, 3.8) is 0 Å². The normalized spacial score (nSPS) is 19.6. The molecular formula is C11H18N4O6. The summed E-state index contributed by atoms with van der Waals surface area (Å²) in [4.78, 5) is 46.1. The molecule has 2 atom stereocenters. The van der Waals surface area contributed by atoms with Crippen molar-refractivity contribution >= 4 is 23.8 Å². The molecule has 118 valence electrons.